The first-order valence-corrected chi connectivity index (χ1v) is 8.70. The molecule has 110 valence electrons. The van der Waals surface area contributed by atoms with E-state index in [-0.39, 0.29) is 6.79 Å². The van der Waals surface area contributed by atoms with E-state index < -0.39 is 0 Å². The number of halogens is 3. The van der Waals surface area contributed by atoms with E-state index in [0.29, 0.717) is 6.54 Å². The Kier molecular flexibility index (Phi) is 4.47. The van der Waals surface area contributed by atoms with Crippen LogP contribution in [0.1, 0.15) is 11.1 Å². The highest BCUT2D eigenvalue weighted by Gasteiger charge is 2.16. The van der Waals surface area contributed by atoms with Crippen molar-refractivity contribution >= 4 is 53.5 Å². The fourth-order valence-electron chi connectivity index (χ4n) is 2.15. The van der Waals surface area contributed by atoms with Gasteiger partial charge in [0.2, 0.25) is 6.79 Å². The molecule has 0 aromatic heterocycles. The van der Waals surface area contributed by atoms with Gasteiger partial charge in [-0.3, -0.25) is 0 Å². The van der Waals surface area contributed by atoms with Gasteiger partial charge in [0.15, 0.2) is 11.5 Å². The number of benzene rings is 2. The summed E-state index contributed by atoms with van der Waals surface area (Å²) in [6, 6.07) is 8.11. The minimum absolute atomic E-state index is 0.285. The predicted octanol–water partition coefficient (Wildman–Crippen LogP) is 5.62. The topological polar surface area (TPSA) is 30.5 Å². The lowest BCUT2D eigenvalue weighted by Gasteiger charge is -2.13. The van der Waals surface area contributed by atoms with Crippen molar-refractivity contribution in [3.63, 3.8) is 0 Å². The third kappa shape index (κ3) is 3.22. The van der Waals surface area contributed by atoms with Gasteiger partial charge in [-0.05, 0) is 74.2 Å². The third-order valence-corrected chi connectivity index (χ3v) is 5.17. The summed E-state index contributed by atoms with van der Waals surface area (Å²) in [6.45, 7) is 3.03. The van der Waals surface area contributed by atoms with Gasteiger partial charge in [0.05, 0.1) is 5.69 Å². The molecule has 0 spiro atoms. The Balaban J connectivity index is 1.83. The lowest BCUT2D eigenvalue weighted by atomic mass is 10.2. The van der Waals surface area contributed by atoms with Crippen LogP contribution in [0.3, 0.4) is 0 Å². The maximum absolute atomic E-state index is 5.42. The molecule has 1 heterocycles. The molecule has 0 radical (unpaired) electrons. The van der Waals surface area contributed by atoms with Gasteiger partial charge in [0.25, 0.3) is 0 Å². The van der Waals surface area contributed by atoms with Crippen molar-refractivity contribution < 1.29 is 9.47 Å². The fourth-order valence-corrected chi connectivity index (χ4v) is 4.31. The van der Waals surface area contributed by atoms with Crippen molar-refractivity contribution in [1.82, 2.24) is 0 Å². The summed E-state index contributed by atoms with van der Waals surface area (Å²) in [7, 11) is 0. The average molecular weight is 478 g/mol. The van der Waals surface area contributed by atoms with Crippen LogP contribution >= 0.6 is 47.8 Å². The molecular formula is C15H12Br3NO2. The smallest absolute Gasteiger partial charge is 0.231 e. The van der Waals surface area contributed by atoms with Crippen LogP contribution in [0.15, 0.2) is 37.7 Å². The molecule has 1 aliphatic rings. The highest BCUT2D eigenvalue weighted by atomic mass is 79.9. The van der Waals surface area contributed by atoms with Gasteiger partial charge in [0, 0.05) is 20.0 Å². The van der Waals surface area contributed by atoms with Gasteiger partial charge in [-0.2, -0.15) is 0 Å². The van der Waals surface area contributed by atoms with Crippen molar-refractivity contribution in [2.45, 2.75) is 13.5 Å². The van der Waals surface area contributed by atoms with Crippen molar-refractivity contribution in [2.24, 2.45) is 0 Å². The first-order chi connectivity index (χ1) is 10.0. The van der Waals surface area contributed by atoms with Crippen molar-refractivity contribution in [2.75, 3.05) is 12.1 Å². The van der Waals surface area contributed by atoms with Crippen LogP contribution in [0.5, 0.6) is 11.5 Å². The molecule has 0 bridgehead atoms. The van der Waals surface area contributed by atoms with Gasteiger partial charge in [-0.1, -0.05) is 15.9 Å². The van der Waals surface area contributed by atoms with E-state index in [1.807, 2.05) is 12.1 Å². The first-order valence-electron chi connectivity index (χ1n) is 6.32. The molecule has 3 rings (SSSR count). The largest absolute Gasteiger partial charge is 0.454 e. The molecule has 0 saturated heterocycles. The van der Waals surface area contributed by atoms with Gasteiger partial charge in [-0.25, -0.2) is 0 Å². The monoisotopic (exact) mass is 475 g/mol. The fraction of sp³-hybridized carbons (Fsp3) is 0.200. The van der Waals surface area contributed by atoms with E-state index in [2.05, 4.69) is 72.2 Å². The van der Waals surface area contributed by atoms with Gasteiger partial charge < -0.3 is 14.8 Å². The van der Waals surface area contributed by atoms with Gasteiger partial charge in [-0.15, -0.1) is 0 Å². The standard InChI is InChI=1S/C15H12Br3NO2/c1-8-2-11(17)15(12(18)3-8)19-6-9-4-13-14(5-10(9)16)21-7-20-13/h2-5,19H,6-7H2,1H3. The SMILES string of the molecule is Cc1cc(Br)c(NCc2cc3c(cc2Br)OCO3)c(Br)c1. The molecule has 1 N–H and O–H groups in total. The number of aryl methyl sites for hydroxylation is 1. The number of fused-ring (bicyclic) bond motifs is 1. The maximum atomic E-state index is 5.42. The number of hydrogen-bond acceptors (Lipinski definition) is 3. The minimum Gasteiger partial charge on any atom is -0.454 e. The number of hydrogen-bond donors (Lipinski definition) is 1. The van der Waals surface area contributed by atoms with Crippen LogP contribution in [0.4, 0.5) is 5.69 Å². The Morgan fingerprint density at radius 1 is 0.952 bits per heavy atom. The summed E-state index contributed by atoms with van der Waals surface area (Å²) >= 11 is 10.8. The lowest BCUT2D eigenvalue weighted by Crippen LogP contribution is -2.02. The molecule has 0 saturated carbocycles. The molecule has 3 nitrogen and oxygen atoms in total. The quantitative estimate of drug-likeness (QED) is 0.622. The summed E-state index contributed by atoms with van der Waals surface area (Å²) in [4.78, 5) is 0. The van der Waals surface area contributed by atoms with Crippen LogP contribution in [0.25, 0.3) is 0 Å². The highest BCUT2D eigenvalue weighted by Crippen LogP contribution is 2.38. The maximum Gasteiger partial charge on any atom is 0.231 e. The number of anilines is 1. The molecule has 2 aromatic rings. The van der Waals surface area contributed by atoms with Crippen LogP contribution in [-0.2, 0) is 6.54 Å². The molecular weight excluding hydrogens is 466 g/mol. The Bertz CT molecular complexity index is 681. The molecule has 6 heteroatoms. The Morgan fingerprint density at radius 3 is 2.24 bits per heavy atom. The summed E-state index contributed by atoms with van der Waals surface area (Å²) in [5.41, 5.74) is 3.34. The zero-order valence-electron chi connectivity index (χ0n) is 11.2. The molecule has 21 heavy (non-hydrogen) atoms. The molecule has 0 aliphatic carbocycles. The number of rotatable bonds is 3. The Hall–Kier alpha value is -0.720. The van der Waals surface area contributed by atoms with Crippen LogP contribution in [-0.4, -0.2) is 6.79 Å². The third-order valence-electron chi connectivity index (χ3n) is 3.18. The molecule has 1 aliphatic heterocycles. The lowest BCUT2D eigenvalue weighted by molar-refractivity contribution is 0.174. The molecule has 0 unspecified atom stereocenters. The zero-order valence-corrected chi connectivity index (χ0v) is 15.9. The average Bonchev–Trinajstić information content (AvgIpc) is 2.84. The van der Waals surface area contributed by atoms with Gasteiger partial charge in [0.1, 0.15) is 0 Å². The Labute approximate surface area is 148 Å². The number of nitrogens with one attached hydrogen (secondary N) is 1. The van der Waals surface area contributed by atoms with Crippen LogP contribution in [0, 0.1) is 6.92 Å². The molecule has 2 aromatic carbocycles. The van der Waals surface area contributed by atoms with Crippen LogP contribution < -0.4 is 14.8 Å². The second kappa shape index (κ2) is 6.18. The summed E-state index contributed by atoms with van der Waals surface area (Å²) in [5.74, 6) is 1.57. The van der Waals surface area contributed by atoms with E-state index in [1.54, 1.807) is 0 Å². The van der Waals surface area contributed by atoms with E-state index in [1.165, 1.54) is 5.56 Å². The van der Waals surface area contributed by atoms with Crippen LogP contribution in [0.2, 0.25) is 0 Å². The van der Waals surface area contributed by atoms with E-state index >= 15 is 0 Å². The highest BCUT2D eigenvalue weighted by molar-refractivity contribution is 9.11. The Morgan fingerprint density at radius 2 is 1.57 bits per heavy atom. The summed E-state index contributed by atoms with van der Waals surface area (Å²) in [6.07, 6.45) is 0. The summed E-state index contributed by atoms with van der Waals surface area (Å²) < 4.78 is 13.8. The van der Waals surface area contributed by atoms with Crippen molar-refractivity contribution in [3.05, 3.63) is 48.8 Å². The first kappa shape index (κ1) is 15.2. The van der Waals surface area contributed by atoms with E-state index in [0.717, 1.165) is 36.2 Å². The normalized spacial score (nSPS) is 12.6. The molecule has 0 atom stereocenters. The summed E-state index contributed by atoms with van der Waals surface area (Å²) in [5, 5.41) is 3.44. The zero-order chi connectivity index (χ0) is 15.0. The minimum atomic E-state index is 0.285. The van der Waals surface area contributed by atoms with Crippen molar-refractivity contribution in [3.8, 4) is 11.5 Å². The predicted molar refractivity (Wildman–Crippen MR) is 94.2 cm³/mol. The van der Waals surface area contributed by atoms with E-state index in [4.69, 9.17) is 9.47 Å². The van der Waals surface area contributed by atoms with Crippen molar-refractivity contribution in [1.29, 1.82) is 0 Å². The second-order valence-electron chi connectivity index (χ2n) is 4.75. The molecule has 0 amide bonds. The number of ether oxygens (including phenoxy) is 2. The second-order valence-corrected chi connectivity index (χ2v) is 7.32. The molecule has 0 fully saturated rings. The van der Waals surface area contributed by atoms with E-state index in [9.17, 15) is 0 Å². The van der Waals surface area contributed by atoms with Gasteiger partial charge >= 0.3 is 0 Å².